The maximum atomic E-state index is 13.8. The lowest BCUT2D eigenvalue weighted by Crippen LogP contribution is -2.14. The van der Waals surface area contributed by atoms with Crippen LogP contribution in [0.1, 0.15) is 21.6 Å². The molecule has 0 saturated carbocycles. The number of rotatable bonds is 6. The molecule has 0 spiro atoms. The summed E-state index contributed by atoms with van der Waals surface area (Å²) in [6, 6.07) is 10.4. The Bertz CT molecular complexity index is 1100. The van der Waals surface area contributed by atoms with Gasteiger partial charge in [0.15, 0.2) is 5.82 Å². The molecular weight excluding hydrogens is 385 g/mol. The van der Waals surface area contributed by atoms with Crippen molar-refractivity contribution in [1.29, 1.82) is 0 Å². The summed E-state index contributed by atoms with van der Waals surface area (Å²) >= 11 is 0. The van der Waals surface area contributed by atoms with Crippen LogP contribution >= 0.6 is 0 Å². The molecule has 1 aromatic heterocycles. The van der Waals surface area contributed by atoms with Crippen molar-refractivity contribution in [3.63, 3.8) is 0 Å². The van der Waals surface area contributed by atoms with Crippen LogP contribution in [0.4, 0.5) is 21.6 Å². The highest BCUT2D eigenvalue weighted by Crippen LogP contribution is 2.23. The van der Waals surface area contributed by atoms with Crippen molar-refractivity contribution >= 4 is 23.1 Å². The number of nitrogens with one attached hydrogen (secondary N) is 1. The summed E-state index contributed by atoms with van der Waals surface area (Å²) in [7, 11) is 0. The molecule has 0 unspecified atom stereocenters. The van der Waals surface area contributed by atoms with Crippen LogP contribution in [0, 0.1) is 33.0 Å². The molecule has 0 radical (unpaired) electrons. The molecule has 0 aliphatic carbocycles. The smallest absolute Gasteiger partial charge is 0.277 e. The summed E-state index contributed by atoms with van der Waals surface area (Å²) in [6.45, 7) is 1.85. The first-order valence-electron chi connectivity index (χ1n) is 8.27. The zero-order chi connectivity index (χ0) is 21.1. The van der Waals surface area contributed by atoms with Gasteiger partial charge in [0.05, 0.1) is 28.0 Å². The number of nitro groups is 2. The van der Waals surface area contributed by atoms with Crippen molar-refractivity contribution in [3.05, 3.63) is 91.4 Å². The van der Waals surface area contributed by atoms with Crippen molar-refractivity contribution in [1.82, 2.24) is 9.78 Å². The van der Waals surface area contributed by atoms with Gasteiger partial charge in [-0.15, -0.1) is 0 Å². The number of nitrogens with zero attached hydrogens (tertiary/aromatic N) is 4. The molecule has 1 heterocycles. The van der Waals surface area contributed by atoms with Gasteiger partial charge in [0.1, 0.15) is 5.82 Å². The van der Waals surface area contributed by atoms with Gasteiger partial charge >= 0.3 is 0 Å². The molecule has 11 heteroatoms. The number of carbonyl (C=O) groups excluding carboxylic acids is 1. The van der Waals surface area contributed by atoms with Crippen LogP contribution in [0.25, 0.3) is 0 Å². The molecule has 3 aromatic rings. The Balaban J connectivity index is 1.84. The molecule has 148 valence electrons. The van der Waals surface area contributed by atoms with Crippen molar-refractivity contribution < 1.29 is 19.0 Å². The quantitative estimate of drug-likeness (QED) is 0.498. The lowest BCUT2D eigenvalue weighted by atomic mass is 10.1. The molecule has 2 aromatic carbocycles. The Morgan fingerprint density at radius 2 is 1.72 bits per heavy atom. The molecule has 0 saturated heterocycles. The number of aryl methyl sites for hydroxylation is 1. The lowest BCUT2D eigenvalue weighted by molar-refractivity contribution is -0.394. The number of nitro benzene ring substituents is 2. The Labute approximate surface area is 162 Å². The zero-order valence-corrected chi connectivity index (χ0v) is 15.0. The van der Waals surface area contributed by atoms with E-state index in [1.807, 2.05) is 0 Å². The summed E-state index contributed by atoms with van der Waals surface area (Å²) in [5, 5.41) is 28.5. The molecule has 0 aliphatic heterocycles. The molecule has 0 aliphatic rings. The lowest BCUT2D eigenvalue weighted by Gasteiger charge is -2.05. The normalized spacial score (nSPS) is 10.6. The predicted molar refractivity (Wildman–Crippen MR) is 100 cm³/mol. The monoisotopic (exact) mass is 399 g/mol. The number of benzene rings is 2. The van der Waals surface area contributed by atoms with E-state index in [0.29, 0.717) is 11.3 Å². The molecule has 10 nitrogen and oxygen atoms in total. The van der Waals surface area contributed by atoms with E-state index in [-0.39, 0.29) is 17.9 Å². The molecule has 1 N–H and O–H groups in total. The van der Waals surface area contributed by atoms with Gasteiger partial charge in [-0.25, -0.2) is 4.39 Å². The van der Waals surface area contributed by atoms with Gasteiger partial charge < -0.3 is 5.32 Å². The number of hydrogen-bond donors (Lipinski definition) is 1. The summed E-state index contributed by atoms with van der Waals surface area (Å²) in [5.74, 6) is -1.07. The van der Waals surface area contributed by atoms with Crippen molar-refractivity contribution in [2.24, 2.45) is 0 Å². The van der Waals surface area contributed by atoms with E-state index in [1.165, 1.54) is 16.8 Å². The second-order valence-corrected chi connectivity index (χ2v) is 6.13. The fraction of sp³-hybridized carbons (Fsp3) is 0.111. The van der Waals surface area contributed by atoms with Crippen molar-refractivity contribution in [3.8, 4) is 0 Å². The zero-order valence-electron chi connectivity index (χ0n) is 15.0. The highest BCUT2D eigenvalue weighted by Gasteiger charge is 2.20. The highest BCUT2D eigenvalue weighted by atomic mass is 19.1. The fourth-order valence-electron chi connectivity index (χ4n) is 2.64. The molecule has 3 rings (SSSR count). The van der Waals surface area contributed by atoms with Crippen LogP contribution in [0.3, 0.4) is 0 Å². The van der Waals surface area contributed by atoms with Crippen LogP contribution < -0.4 is 5.32 Å². The summed E-state index contributed by atoms with van der Waals surface area (Å²) in [5.41, 5.74) is -0.372. The number of non-ortho nitro benzene ring substituents is 2. The van der Waals surface area contributed by atoms with Crippen molar-refractivity contribution in [2.75, 3.05) is 5.32 Å². The topological polar surface area (TPSA) is 133 Å². The number of halogens is 1. The fourth-order valence-corrected chi connectivity index (χ4v) is 2.64. The van der Waals surface area contributed by atoms with Gasteiger partial charge in [-0.3, -0.25) is 29.7 Å². The molecule has 29 heavy (non-hydrogen) atoms. The first-order chi connectivity index (χ1) is 13.7. The largest absolute Gasteiger partial charge is 0.305 e. The van der Waals surface area contributed by atoms with E-state index in [1.54, 1.807) is 25.1 Å². The van der Waals surface area contributed by atoms with Crippen molar-refractivity contribution in [2.45, 2.75) is 13.5 Å². The number of hydrogen-bond acceptors (Lipinski definition) is 6. The van der Waals surface area contributed by atoms with Gasteiger partial charge in [-0.05, 0) is 13.0 Å². The van der Waals surface area contributed by atoms with Gasteiger partial charge in [0.25, 0.3) is 17.3 Å². The molecule has 0 bridgehead atoms. The maximum Gasteiger partial charge on any atom is 0.277 e. The predicted octanol–water partition coefficient (Wildman–Crippen LogP) is 3.45. The van der Waals surface area contributed by atoms with E-state index in [9.17, 15) is 29.4 Å². The molecular formula is C18H14FN5O5. The average Bonchev–Trinajstić information content (AvgIpc) is 3.02. The third-order valence-electron chi connectivity index (χ3n) is 4.09. The minimum absolute atomic E-state index is 0.123. The molecule has 0 fully saturated rings. The third-order valence-corrected chi connectivity index (χ3v) is 4.09. The number of aromatic nitrogens is 2. The SMILES string of the molecule is Cc1cc(NC(=O)c2cc([N+](=O)[O-])cc([N+](=O)[O-])c2)nn1Cc1ccccc1F. The summed E-state index contributed by atoms with van der Waals surface area (Å²) in [4.78, 5) is 32.7. The van der Waals surface area contributed by atoms with E-state index in [0.717, 1.165) is 18.2 Å². The first-order valence-corrected chi connectivity index (χ1v) is 8.27. The number of amides is 1. The average molecular weight is 399 g/mol. The van der Waals surface area contributed by atoms with Gasteiger partial charge in [0, 0.05) is 29.5 Å². The third kappa shape index (κ3) is 4.40. The standard InChI is InChI=1S/C18H14FN5O5/c1-11-6-17(21-22(11)10-12-4-2-3-5-16(12)19)20-18(25)13-7-14(23(26)27)9-15(8-13)24(28)29/h2-9H,10H2,1H3,(H,20,21,25). The van der Waals surface area contributed by atoms with Gasteiger partial charge in [-0.1, -0.05) is 18.2 Å². The Hall–Kier alpha value is -4.15. The summed E-state index contributed by atoms with van der Waals surface area (Å²) < 4.78 is 15.3. The van der Waals surface area contributed by atoms with E-state index in [4.69, 9.17) is 0 Å². The van der Waals surface area contributed by atoms with Crippen LogP contribution in [0.5, 0.6) is 0 Å². The first kappa shape index (κ1) is 19.6. The highest BCUT2D eigenvalue weighted by molar-refractivity contribution is 6.04. The van der Waals surface area contributed by atoms with E-state index in [2.05, 4.69) is 10.4 Å². The Morgan fingerprint density at radius 3 is 2.31 bits per heavy atom. The minimum Gasteiger partial charge on any atom is -0.305 e. The van der Waals surface area contributed by atoms with Gasteiger partial charge in [0.2, 0.25) is 0 Å². The van der Waals surface area contributed by atoms with E-state index >= 15 is 0 Å². The van der Waals surface area contributed by atoms with Crippen LogP contribution in [-0.4, -0.2) is 25.5 Å². The molecule has 1 amide bonds. The van der Waals surface area contributed by atoms with Crippen LogP contribution in [-0.2, 0) is 6.54 Å². The second kappa shape index (κ2) is 7.84. The number of anilines is 1. The Kier molecular flexibility index (Phi) is 5.30. The van der Waals surface area contributed by atoms with Crippen LogP contribution in [0.2, 0.25) is 0 Å². The summed E-state index contributed by atoms with van der Waals surface area (Å²) in [6.07, 6.45) is 0. The second-order valence-electron chi connectivity index (χ2n) is 6.13. The Morgan fingerprint density at radius 1 is 1.10 bits per heavy atom. The minimum atomic E-state index is -0.822. The van der Waals surface area contributed by atoms with Gasteiger partial charge in [-0.2, -0.15) is 5.10 Å². The van der Waals surface area contributed by atoms with E-state index < -0.39 is 32.9 Å². The maximum absolute atomic E-state index is 13.8. The molecule has 0 atom stereocenters. The number of carbonyl (C=O) groups is 1. The van der Waals surface area contributed by atoms with Crippen LogP contribution in [0.15, 0.2) is 48.5 Å².